The third kappa shape index (κ3) is 3.16. The summed E-state index contributed by atoms with van der Waals surface area (Å²) in [6.07, 6.45) is 4.74. The van der Waals surface area contributed by atoms with Gasteiger partial charge in [0, 0.05) is 36.3 Å². The van der Waals surface area contributed by atoms with Crippen LogP contribution in [0.5, 0.6) is 0 Å². The van der Waals surface area contributed by atoms with E-state index < -0.39 is 0 Å². The molecule has 22 heavy (non-hydrogen) atoms. The largest absolute Gasteiger partial charge is 0.375 e. The first kappa shape index (κ1) is 15.5. The average molecular weight is 317 g/mol. The smallest absolute Gasteiger partial charge is 0.0949 e. The highest BCUT2D eigenvalue weighted by Gasteiger charge is 2.31. The Hall–Kier alpha value is -1.43. The number of ether oxygens (including phenoxy) is 1. The van der Waals surface area contributed by atoms with Crippen LogP contribution in [0.2, 0.25) is 0 Å². The predicted octanol–water partition coefficient (Wildman–Crippen LogP) is 3.09. The molecule has 0 aromatic carbocycles. The van der Waals surface area contributed by atoms with E-state index in [-0.39, 0.29) is 6.04 Å². The highest BCUT2D eigenvalue weighted by atomic mass is 32.1. The van der Waals surface area contributed by atoms with E-state index in [4.69, 9.17) is 4.74 Å². The summed E-state index contributed by atoms with van der Waals surface area (Å²) in [5.41, 5.74) is 2.51. The number of thiophene rings is 1. The van der Waals surface area contributed by atoms with Crippen molar-refractivity contribution < 1.29 is 4.74 Å². The van der Waals surface area contributed by atoms with Crippen LogP contribution in [0, 0.1) is 6.92 Å². The Morgan fingerprint density at radius 1 is 1.50 bits per heavy atom. The van der Waals surface area contributed by atoms with Gasteiger partial charge in [0.1, 0.15) is 0 Å². The summed E-state index contributed by atoms with van der Waals surface area (Å²) in [6, 6.07) is 4.70. The van der Waals surface area contributed by atoms with Crippen LogP contribution in [0.4, 0.5) is 0 Å². The maximum atomic E-state index is 5.78. The van der Waals surface area contributed by atoms with E-state index in [9.17, 15) is 0 Å². The molecule has 0 spiro atoms. The molecule has 1 aliphatic rings. The summed E-state index contributed by atoms with van der Waals surface area (Å²) in [5, 5.41) is 0. The topological polar surface area (TPSA) is 30.3 Å². The van der Waals surface area contributed by atoms with Crippen LogP contribution >= 0.6 is 11.3 Å². The van der Waals surface area contributed by atoms with Crippen molar-refractivity contribution in [3.63, 3.8) is 0 Å². The Morgan fingerprint density at radius 2 is 2.36 bits per heavy atom. The molecule has 1 atom stereocenters. The van der Waals surface area contributed by atoms with Crippen molar-refractivity contribution in [2.75, 3.05) is 19.8 Å². The van der Waals surface area contributed by atoms with Crippen molar-refractivity contribution in [3.05, 3.63) is 52.3 Å². The van der Waals surface area contributed by atoms with Crippen LogP contribution in [-0.2, 0) is 24.8 Å². The molecule has 1 aliphatic heterocycles. The number of nitrogens with zero attached hydrogens (tertiary/aromatic N) is 3. The lowest BCUT2D eigenvalue weighted by Crippen LogP contribution is -2.38. The number of rotatable bonds is 6. The van der Waals surface area contributed by atoms with Crippen molar-refractivity contribution in [2.24, 2.45) is 7.05 Å². The van der Waals surface area contributed by atoms with Crippen LogP contribution in [0.15, 0.2) is 31.1 Å². The van der Waals surface area contributed by atoms with Gasteiger partial charge in [-0.15, -0.1) is 17.9 Å². The van der Waals surface area contributed by atoms with E-state index in [1.165, 1.54) is 21.1 Å². The Morgan fingerprint density at radius 3 is 3.09 bits per heavy atom. The van der Waals surface area contributed by atoms with Crippen molar-refractivity contribution in [2.45, 2.75) is 25.9 Å². The van der Waals surface area contributed by atoms with Gasteiger partial charge in [-0.25, -0.2) is 4.98 Å². The van der Waals surface area contributed by atoms with Crippen LogP contribution in [-0.4, -0.2) is 34.2 Å². The first-order valence-electron chi connectivity index (χ1n) is 7.67. The summed E-state index contributed by atoms with van der Waals surface area (Å²) in [5.74, 6) is 0. The van der Waals surface area contributed by atoms with E-state index in [0.29, 0.717) is 13.2 Å². The first-order chi connectivity index (χ1) is 10.7. The molecule has 2 aromatic rings. The van der Waals surface area contributed by atoms with Crippen LogP contribution < -0.4 is 0 Å². The van der Waals surface area contributed by atoms with E-state index >= 15 is 0 Å². The van der Waals surface area contributed by atoms with Crippen molar-refractivity contribution >= 4 is 11.3 Å². The van der Waals surface area contributed by atoms with Gasteiger partial charge < -0.3 is 9.30 Å². The molecule has 3 rings (SSSR count). The van der Waals surface area contributed by atoms with Gasteiger partial charge in [0.05, 0.1) is 37.0 Å². The molecule has 0 unspecified atom stereocenters. The zero-order valence-corrected chi connectivity index (χ0v) is 14.1. The molecule has 3 heterocycles. The summed E-state index contributed by atoms with van der Waals surface area (Å²) in [6.45, 7) is 9.18. The second-order valence-corrected chi connectivity index (χ2v) is 7.13. The molecule has 4 nitrogen and oxygen atoms in total. The molecule has 0 radical (unpaired) electrons. The van der Waals surface area contributed by atoms with E-state index in [1.807, 2.05) is 17.7 Å². The highest BCUT2D eigenvalue weighted by Crippen LogP contribution is 2.31. The Labute approximate surface area is 136 Å². The minimum absolute atomic E-state index is 0.263. The molecule has 0 N–H and O–H groups in total. The summed E-state index contributed by atoms with van der Waals surface area (Å²) in [4.78, 5) is 9.84. The Bertz CT molecular complexity index is 646. The maximum Gasteiger partial charge on any atom is 0.0949 e. The third-order valence-corrected chi connectivity index (χ3v) is 5.11. The molecule has 0 aliphatic carbocycles. The summed E-state index contributed by atoms with van der Waals surface area (Å²) < 4.78 is 7.92. The summed E-state index contributed by atoms with van der Waals surface area (Å²) in [7, 11) is 2.07. The molecule has 0 fully saturated rings. The number of aryl methyl sites for hydroxylation is 2. The SMILES string of the molecule is C=CCOC[C@H]1c2c(ncn2C)CCN1Cc1ccc(C)s1. The number of aromatic nitrogens is 2. The molecule has 5 heteroatoms. The minimum Gasteiger partial charge on any atom is -0.375 e. The highest BCUT2D eigenvalue weighted by molar-refractivity contribution is 7.11. The lowest BCUT2D eigenvalue weighted by atomic mass is 10.0. The zero-order valence-electron chi connectivity index (χ0n) is 13.3. The van der Waals surface area contributed by atoms with Crippen LogP contribution in [0.3, 0.4) is 0 Å². The minimum atomic E-state index is 0.263. The number of hydrogen-bond donors (Lipinski definition) is 0. The maximum absolute atomic E-state index is 5.78. The number of fused-ring (bicyclic) bond motifs is 1. The van der Waals surface area contributed by atoms with E-state index in [0.717, 1.165) is 19.5 Å². The third-order valence-electron chi connectivity index (χ3n) is 4.12. The summed E-state index contributed by atoms with van der Waals surface area (Å²) >= 11 is 1.88. The van der Waals surface area contributed by atoms with Gasteiger partial charge in [-0.3, -0.25) is 4.90 Å². The fraction of sp³-hybridized carbons (Fsp3) is 0.471. The van der Waals surface area contributed by atoms with Gasteiger partial charge >= 0.3 is 0 Å². The molecular formula is C17H23N3OS. The van der Waals surface area contributed by atoms with Gasteiger partial charge in [0.15, 0.2) is 0 Å². The molecule has 0 saturated heterocycles. The quantitative estimate of drug-likeness (QED) is 0.606. The lowest BCUT2D eigenvalue weighted by molar-refractivity contribution is 0.0592. The van der Waals surface area contributed by atoms with Gasteiger partial charge in [0.25, 0.3) is 0 Å². The van der Waals surface area contributed by atoms with Crippen molar-refractivity contribution in [3.8, 4) is 0 Å². The van der Waals surface area contributed by atoms with Crippen molar-refractivity contribution in [1.29, 1.82) is 0 Å². The normalized spacial score (nSPS) is 18.4. The van der Waals surface area contributed by atoms with Crippen LogP contribution in [0.25, 0.3) is 0 Å². The molecule has 0 saturated carbocycles. The predicted molar refractivity (Wildman–Crippen MR) is 90.1 cm³/mol. The zero-order chi connectivity index (χ0) is 15.5. The fourth-order valence-corrected chi connectivity index (χ4v) is 4.01. The first-order valence-corrected chi connectivity index (χ1v) is 8.48. The second-order valence-electron chi connectivity index (χ2n) is 5.76. The Kier molecular flexibility index (Phi) is 4.76. The fourth-order valence-electron chi connectivity index (χ4n) is 3.09. The average Bonchev–Trinajstić information content (AvgIpc) is 3.08. The molecule has 0 amide bonds. The van der Waals surface area contributed by atoms with Gasteiger partial charge in [0.2, 0.25) is 0 Å². The van der Waals surface area contributed by atoms with E-state index in [1.54, 1.807) is 6.08 Å². The van der Waals surface area contributed by atoms with E-state index in [2.05, 4.69) is 47.1 Å². The number of hydrogen-bond acceptors (Lipinski definition) is 4. The molecular weight excluding hydrogens is 294 g/mol. The molecule has 118 valence electrons. The molecule has 0 bridgehead atoms. The standard InChI is InChI=1S/C17H23N3OS/c1-4-9-21-11-16-17-15(18-12-19(17)3)7-8-20(16)10-14-6-5-13(2)22-14/h4-6,12,16H,1,7-11H2,2-3H3/t16-/m0/s1. The Balaban J connectivity index is 1.81. The van der Waals surface area contributed by atoms with Gasteiger partial charge in [-0.1, -0.05) is 6.08 Å². The monoisotopic (exact) mass is 317 g/mol. The number of imidazole rings is 1. The van der Waals surface area contributed by atoms with Crippen molar-refractivity contribution in [1.82, 2.24) is 14.5 Å². The van der Waals surface area contributed by atoms with Crippen LogP contribution in [0.1, 0.15) is 27.2 Å². The lowest BCUT2D eigenvalue weighted by Gasteiger charge is -2.35. The molecule has 2 aromatic heterocycles. The van der Waals surface area contributed by atoms with Gasteiger partial charge in [-0.05, 0) is 19.1 Å². The second kappa shape index (κ2) is 6.77. The van der Waals surface area contributed by atoms with Gasteiger partial charge in [-0.2, -0.15) is 0 Å².